The highest BCUT2D eigenvalue weighted by atomic mass is 35.5. The van der Waals surface area contributed by atoms with E-state index in [1.807, 2.05) is 54.7 Å². The predicted molar refractivity (Wildman–Crippen MR) is 219 cm³/mol. The number of hydrogen-bond acceptors (Lipinski definition) is 9. The van der Waals surface area contributed by atoms with E-state index in [2.05, 4.69) is 45.7 Å². The number of hydrogen-bond donors (Lipinski definition) is 7. The van der Waals surface area contributed by atoms with Gasteiger partial charge in [0.2, 0.25) is 17.7 Å². The molecule has 14 heteroatoms. The van der Waals surface area contributed by atoms with E-state index in [9.17, 15) is 14.4 Å². The van der Waals surface area contributed by atoms with Crippen LogP contribution >= 0.6 is 36.0 Å². The molecule has 0 radical (unpaired) electrons. The van der Waals surface area contributed by atoms with Crippen LogP contribution in [0.3, 0.4) is 0 Å². The molecule has 0 saturated carbocycles. The molecule has 2 aromatic carbocycles. The van der Waals surface area contributed by atoms with E-state index in [1.165, 1.54) is 16.7 Å². The number of halogens is 1. The molecule has 284 valence electrons. The number of allylic oxidation sites excluding steroid dienone is 1. The van der Waals surface area contributed by atoms with E-state index in [-0.39, 0.29) is 24.8 Å². The molecular formula is C40H47ClN8O3S2. The first-order valence-corrected chi connectivity index (χ1v) is 19.9. The summed E-state index contributed by atoms with van der Waals surface area (Å²) in [5.74, 6) is -1.11. The average Bonchev–Trinajstić information content (AvgIpc) is 3.59. The SMILES string of the molecule is CN1C(=O)C(CCCCN)NC(=O)C(CCN)NCc2cccnc2Sc2c(Cl)ccc(-c3ccc(S)cc3)c2NC(=O)C1Cc1c[nH]c2c1CCC=C2. The number of likely N-dealkylation sites (N-methyl/N-ethyl adjacent to an activating group) is 1. The summed E-state index contributed by atoms with van der Waals surface area (Å²) in [5, 5.41) is 10.7. The lowest BCUT2D eigenvalue weighted by atomic mass is 9.95. The second-order valence-electron chi connectivity index (χ2n) is 13.6. The first-order chi connectivity index (χ1) is 26.2. The van der Waals surface area contributed by atoms with Gasteiger partial charge in [0.25, 0.3) is 0 Å². The van der Waals surface area contributed by atoms with E-state index < -0.39 is 24.0 Å². The summed E-state index contributed by atoms with van der Waals surface area (Å²) in [6.45, 7) is 0.997. The maximum absolute atomic E-state index is 14.9. The van der Waals surface area contributed by atoms with E-state index >= 15 is 0 Å². The lowest BCUT2D eigenvalue weighted by Gasteiger charge is -2.32. The van der Waals surface area contributed by atoms with Crippen molar-refractivity contribution in [1.29, 1.82) is 0 Å². The predicted octanol–water partition coefficient (Wildman–Crippen LogP) is 5.57. The second-order valence-corrected chi connectivity index (χ2v) is 15.5. The van der Waals surface area contributed by atoms with Gasteiger partial charge in [0.1, 0.15) is 17.1 Å². The molecule has 3 heterocycles. The van der Waals surface area contributed by atoms with Crippen molar-refractivity contribution in [3.63, 3.8) is 0 Å². The number of benzene rings is 2. The minimum absolute atomic E-state index is 0.242. The zero-order valence-corrected chi connectivity index (χ0v) is 32.7. The maximum Gasteiger partial charge on any atom is 0.247 e. The van der Waals surface area contributed by atoms with Gasteiger partial charge >= 0.3 is 0 Å². The molecular weight excluding hydrogens is 740 g/mol. The molecule has 8 N–H and O–H groups in total. The highest BCUT2D eigenvalue weighted by Crippen LogP contribution is 2.45. The molecule has 3 atom stereocenters. The quantitative estimate of drug-likeness (QED) is 0.0853. The van der Waals surface area contributed by atoms with Crippen LogP contribution in [0.25, 0.3) is 17.2 Å². The Bertz CT molecular complexity index is 2000. The maximum atomic E-state index is 14.9. The monoisotopic (exact) mass is 786 g/mol. The molecule has 2 aliphatic rings. The van der Waals surface area contributed by atoms with E-state index in [4.69, 9.17) is 28.1 Å². The van der Waals surface area contributed by atoms with Crippen LogP contribution < -0.4 is 27.4 Å². The van der Waals surface area contributed by atoms with E-state index in [0.717, 1.165) is 51.2 Å². The molecule has 3 amide bonds. The molecule has 4 aromatic rings. The van der Waals surface area contributed by atoms with E-state index in [0.29, 0.717) is 59.4 Å². The first kappa shape index (κ1) is 39.6. The Labute approximate surface area is 330 Å². The van der Waals surface area contributed by atoms with Crippen LogP contribution in [0.15, 0.2) is 81.8 Å². The van der Waals surface area contributed by atoms with Gasteiger partial charge in [0.15, 0.2) is 0 Å². The molecule has 54 heavy (non-hydrogen) atoms. The Kier molecular flexibility index (Phi) is 13.5. The average molecular weight is 787 g/mol. The zero-order chi connectivity index (χ0) is 38.2. The number of nitrogens with zero attached hydrogens (tertiary/aromatic N) is 2. The molecule has 11 nitrogen and oxygen atoms in total. The van der Waals surface area contributed by atoms with Gasteiger partial charge in [0.05, 0.1) is 21.6 Å². The van der Waals surface area contributed by atoms with Crippen molar-refractivity contribution in [3.8, 4) is 11.1 Å². The summed E-state index contributed by atoms with van der Waals surface area (Å²) < 4.78 is 0. The summed E-state index contributed by atoms with van der Waals surface area (Å²) in [6, 6.07) is 12.6. The fourth-order valence-corrected chi connectivity index (χ4v) is 8.37. The number of nitrogens with one attached hydrogen (secondary N) is 4. The van der Waals surface area contributed by atoms with Crippen LogP contribution in [-0.2, 0) is 33.8 Å². The number of rotatable bonds is 9. The number of amides is 3. The molecule has 1 aliphatic heterocycles. The number of nitrogens with two attached hydrogens (primary N) is 2. The van der Waals surface area contributed by atoms with Crippen LogP contribution in [0.1, 0.15) is 54.5 Å². The Morgan fingerprint density at radius 1 is 1.00 bits per heavy atom. The third kappa shape index (κ3) is 9.22. The van der Waals surface area contributed by atoms with Crippen LogP contribution in [0.5, 0.6) is 0 Å². The normalized spacial score (nSPS) is 19.5. The van der Waals surface area contributed by atoms with Gasteiger partial charge in [-0.05, 0) is 104 Å². The fraction of sp³-hybridized carbons (Fsp3) is 0.350. The van der Waals surface area contributed by atoms with Crippen molar-refractivity contribution in [2.75, 3.05) is 25.5 Å². The zero-order valence-electron chi connectivity index (χ0n) is 30.2. The molecule has 6 rings (SSSR count). The van der Waals surface area contributed by atoms with Crippen molar-refractivity contribution >= 4 is 65.5 Å². The summed E-state index contributed by atoms with van der Waals surface area (Å²) >= 11 is 12.8. The van der Waals surface area contributed by atoms with Crippen LogP contribution in [0.4, 0.5) is 5.69 Å². The van der Waals surface area contributed by atoms with Gasteiger partial charge in [-0.15, -0.1) is 12.6 Å². The molecule has 0 saturated heterocycles. The van der Waals surface area contributed by atoms with Gasteiger partial charge < -0.3 is 37.3 Å². The Morgan fingerprint density at radius 3 is 2.59 bits per heavy atom. The second kappa shape index (κ2) is 18.5. The van der Waals surface area contributed by atoms with Crippen molar-refractivity contribution in [2.24, 2.45) is 11.5 Å². The highest BCUT2D eigenvalue weighted by Gasteiger charge is 2.35. The summed E-state index contributed by atoms with van der Waals surface area (Å²) in [6.07, 6.45) is 11.7. The molecule has 2 aromatic heterocycles. The van der Waals surface area contributed by atoms with Crippen molar-refractivity contribution in [3.05, 3.63) is 94.4 Å². The summed E-state index contributed by atoms with van der Waals surface area (Å²) in [5.41, 5.74) is 17.8. The number of H-pyrrole nitrogens is 1. The highest BCUT2D eigenvalue weighted by molar-refractivity contribution is 7.99. The van der Waals surface area contributed by atoms with Gasteiger partial charge in [-0.25, -0.2) is 4.98 Å². The van der Waals surface area contributed by atoms with Crippen LogP contribution in [0, 0.1) is 0 Å². The topological polar surface area (TPSA) is 171 Å². The van der Waals surface area contributed by atoms with Gasteiger partial charge in [-0.1, -0.05) is 53.7 Å². The van der Waals surface area contributed by atoms with Crippen molar-refractivity contribution < 1.29 is 14.4 Å². The molecule has 0 fully saturated rings. The number of unbranched alkanes of at least 4 members (excludes halogenated alkanes) is 1. The Morgan fingerprint density at radius 2 is 1.81 bits per heavy atom. The number of pyridine rings is 1. The number of carbonyl (C=O) groups excluding carboxylic acids is 3. The summed E-state index contributed by atoms with van der Waals surface area (Å²) in [7, 11) is 1.63. The number of carbonyl (C=O) groups is 3. The number of aromatic amines is 1. The Hall–Kier alpha value is -4.11. The van der Waals surface area contributed by atoms with Crippen LogP contribution in [-0.4, -0.2) is 70.9 Å². The largest absolute Gasteiger partial charge is 0.361 e. The summed E-state index contributed by atoms with van der Waals surface area (Å²) in [4.78, 5) is 54.4. The number of thiol groups is 1. The van der Waals surface area contributed by atoms with Crippen molar-refractivity contribution in [1.82, 2.24) is 25.5 Å². The number of anilines is 1. The van der Waals surface area contributed by atoms with Gasteiger partial charge in [0, 0.05) is 48.6 Å². The smallest absolute Gasteiger partial charge is 0.247 e. The van der Waals surface area contributed by atoms with Crippen molar-refractivity contribution in [2.45, 2.75) is 84.4 Å². The lowest BCUT2D eigenvalue weighted by molar-refractivity contribution is -0.141. The first-order valence-electron chi connectivity index (χ1n) is 18.3. The fourth-order valence-electron chi connectivity index (χ4n) is 6.94. The minimum Gasteiger partial charge on any atom is -0.361 e. The Balaban J connectivity index is 1.51. The lowest BCUT2D eigenvalue weighted by Crippen LogP contribution is -2.56. The van der Waals surface area contributed by atoms with Gasteiger partial charge in [-0.2, -0.15) is 0 Å². The number of fused-ring (bicyclic) bond motifs is 3. The van der Waals surface area contributed by atoms with Gasteiger partial charge in [-0.3, -0.25) is 14.4 Å². The number of aromatic nitrogens is 2. The molecule has 1 aliphatic carbocycles. The minimum atomic E-state index is -0.960. The molecule has 0 bridgehead atoms. The third-order valence-corrected chi connectivity index (χ3v) is 11.9. The third-order valence-electron chi connectivity index (χ3n) is 9.95. The van der Waals surface area contributed by atoms with E-state index in [1.54, 1.807) is 13.2 Å². The van der Waals surface area contributed by atoms with Crippen LogP contribution in [0.2, 0.25) is 5.02 Å². The molecule has 0 spiro atoms. The standard InChI is InChI=1S/C40H47ClN8O3S2/c1-49-34(21-26-23-45-31-9-3-2-8-28(26)31)38(51)48-35-29(24-11-13-27(53)14-12-24)15-16-30(41)36(35)54-39-25(7-6-20-44-39)22-46-32(17-19-43)37(50)47-33(40(49)52)10-4-5-18-42/h3,6-7,9,11-16,20,23,32-34,45-46,53H,2,4-5,8,10,17-19,21-22,42-43H2,1H3,(H,47,50)(H,48,51). The molecule has 3 unspecified atom stereocenters.